The quantitative estimate of drug-likeness (QED) is 0.663. The Hall–Kier alpha value is -0.300. The molecule has 0 aromatic rings. The van der Waals surface area contributed by atoms with Crippen LogP contribution in [0.2, 0.25) is 0 Å². The van der Waals surface area contributed by atoms with Crippen LogP contribution in [0.15, 0.2) is 12.2 Å². The molecule has 1 aliphatic carbocycles. The molecule has 0 aromatic heterocycles. The fraction of sp³-hybridized carbons (Fsp3) is 0.833. The summed E-state index contributed by atoms with van der Waals surface area (Å²) >= 11 is 0. The summed E-state index contributed by atoms with van der Waals surface area (Å²) in [4.78, 5) is 0. The predicted octanol–water partition coefficient (Wildman–Crippen LogP) is 3.11. The van der Waals surface area contributed by atoms with Gasteiger partial charge in [0.1, 0.15) is 0 Å². The zero-order chi connectivity index (χ0) is 9.84. The Morgan fingerprint density at radius 2 is 2.23 bits per heavy atom. The summed E-state index contributed by atoms with van der Waals surface area (Å²) in [5.74, 6) is 1.66. The maximum Gasteiger partial charge on any atom is 0.0104 e. The van der Waals surface area contributed by atoms with Gasteiger partial charge in [-0.15, -0.1) is 0 Å². The zero-order valence-corrected chi connectivity index (χ0v) is 9.05. The highest BCUT2D eigenvalue weighted by Crippen LogP contribution is 2.33. The van der Waals surface area contributed by atoms with E-state index in [9.17, 15) is 0 Å². The molecule has 1 nitrogen and oxygen atoms in total. The van der Waals surface area contributed by atoms with Crippen LogP contribution in [0.3, 0.4) is 0 Å². The molecule has 0 saturated heterocycles. The van der Waals surface area contributed by atoms with Crippen LogP contribution < -0.4 is 5.73 Å². The van der Waals surface area contributed by atoms with E-state index in [1.54, 1.807) is 0 Å². The molecular weight excluding hydrogens is 158 g/mol. The van der Waals surface area contributed by atoms with Gasteiger partial charge in [-0.05, 0) is 37.5 Å². The van der Waals surface area contributed by atoms with Gasteiger partial charge < -0.3 is 5.73 Å². The van der Waals surface area contributed by atoms with Crippen molar-refractivity contribution in [2.24, 2.45) is 17.6 Å². The van der Waals surface area contributed by atoms with E-state index < -0.39 is 0 Å². The van der Waals surface area contributed by atoms with Crippen LogP contribution in [-0.4, -0.2) is 6.04 Å². The minimum Gasteiger partial charge on any atom is -0.327 e. The maximum absolute atomic E-state index is 6.16. The highest BCUT2D eigenvalue weighted by Gasteiger charge is 2.26. The fourth-order valence-corrected chi connectivity index (χ4v) is 2.28. The van der Waals surface area contributed by atoms with Gasteiger partial charge in [0.25, 0.3) is 0 Å². The lowest BCUT2D eigenvalue weighted by molar-refractivity contribution is 0.413. The zero-order valence-electron chi connectivity index (χ0n) is 9.05. The summed E-state index contributed by atoms with van der Waals surface area (Å²) in [6, 6.07) is 0.373. The van der Waals surface area contributed by atoms with Crippen molar-refractivity contribution in [3.8, 4) is 0 Å². The van der Waals surface area contributed by atoms with E-state index in [1.165, 1.54) is 24.8 Å². The second-order valence-corrected chi connectivity index (χ2v) is 4.65. The van der Waals surface area contributed by atoms with Crippen LogP contribution in [0.5, 0.6) is 0 Å². The molecule has 1 saturated carbocycles. The Labute approximate surface area is 82.4 Å². The van der Waals surface area contributed by atoms with Crippen molar-refractivity contribution in [2.75, 3.05) is 0 Å². The molecule has 1 heteroatoms. The van der Waals surface area contributed by atoms with Gasteiger partial charge in [-0.2, -0.15) is 0 Å². The lowest BCUT2D eigenvalue weighted by atomic mass is 9.92. The normalized spacial score (nSPS) is 30.4. The van der Waals surface area contributed by atoms with Gasteiger partial charge in [0, 0.05) is 6.04 Å². The molecule has 0 aromatic carbocycles. The van der Waals surface area contributed by atoms with E-state index in [0.29, 0.717) is 6.04 Å². The first-order valence-electron chi connectivity index (χ1n) is 5.55. The van der Waals surface area contributed by atoms with Crippen molar-refractivity contribution in [1.82, 2.24) is 0 Å². The summed E-state index contributed by atoms with van der Waals surface area (Å²) in [5.41, 5.74) is 7.47. The van der Waals surface area contributed by atoms with Crippen molar-refractivity contribution in [3.63, 3.8) is 0 Å². The van der Waals surface area contributed by atoms with Crippen molar-refractivity contribution in [2.45, 2.75) is 52.0 Å². The van der Waals surface area contributed by atoms with Crippen LogP contribution in [0.1, 0.15) is 46.0 Å². The summed E-state index contributed by atoms with van der Waals surface area (Å²) in [7, 11) is 0. The Bertz CT molecular complexity index is 174. The molecular formula is C12H23N. The van der Waals surface area contributed by atoms with Gasteiger partial charge in [0.2, 0.25) is 0 Å². The molecule has 0 spiro atoms. The first kappa shape index (κ1) is 10.8. The van der Waals surface area contributed by atoms with Crippen LogP contribution in [0.25, 0.3) is 0 Å². The summed E-state index contributed by atoms with van der Waals surface area (Å²) < 4.78 is 0. The number of nitrogens with two attached hydrogens (primary N) is 1. The minimum atomic E-state index is 0.373. The van der Waals surface area contributed by atoms with Crippen molar-refractivity contribution in [3.05, 3.63) is 12.2 Å². The molecule has 3 unspecified atom stereocenters. The van der Waals surface area contributed by atoms with Crippen LogP contribution in [0.4, 0.5) is 0 Å². The van der Waals surface area contributed by atoms with E-state index >= 15 is 0 Å². The summed E-state index contributed by atoms with van der Waals surface area (Å²) in [5, 5.41) is 0. The maximum atomic E-state index is 6.16. The third kappa shape index (κ3) is 3.15. The predicted molar refractivity (Wildman–Crippen MR) is 58.5 cm³/mol. The molecule has 0 aliphatic heterocycles. The topological polar surface area (TPSA) is 26.0 Å². The Morgan fingerprint density at radius 1 is 1.54 bits per heavy atom. The Morgan fingerprint density at radius 3 is 2.69 bits per heavy atom. The van der Waals surface area contributed by atoms with Crippen LogP contribution in [-0.2, 0) is 0 Å². The SMILES string of the molecule is C=C(CC)CC(N)C1CCC(C)C1. The van der Waals surface area contributed by atoms with Crippen molar-refractivity contribution in [1.29, 1.82) is 0 Å². The molecule has 0 amide bonds. The second kappa shape index (κ2) is 4.80. The molecule has 1 fully saturated rings. The molecule has 3 atom stereocenters. The molecule has 76 valence electrons. The Balaban J connectivity index is 2.31. The lowest BCUT2D eigenvalue weighted by Gasteiger charge is -2.19. The smallest absolute Gasteiger partial charge is 0.0104 e. The summed E-state index contributed by atoms with van der Waals surface area (Å²) in [6.45, 7) is 8.52. The first-order valence-corrected chi connectivity index (χ1v) is 5.55. The molecule has 0 bridgehead atoms. The standard InChI is InChI=1S/C12H23N/c1-4-9(2)8-12(13)11-6-5-10(3)7-11/h10-12H,2,4-8,13H2,1,3H3. The van der Waals surface area contributed by atoms with Gasteiger partial charge in [0.15, 0.2) is 0 Å². The molecule has 0 radical (unpaired) electrons. The van der Waals surface area contributed by atoms with Crippen molar-refractivity contribution < 1.29 is 0 Å². The largest absolute Gasteiger partial charge is 0.327 e. The monoisotopic (exact) mass is 181 g/mol. The van der Waals surface area contributed by atoms with E-state index in [0.717, 1.165) is 24.7 Å². The van der Waals surface area contributed by atoms with E-state index in [2.05, 4.69) is 20.4 Å². The van der Waals surface area contributed by atoms with E-state index in [1.807, 2.05) is 0 Å². The number of hydrogen-bond acceptors (Lipinski definition) is 1. The Kier molecular flexibility index (Phi) is 3.98. The van der Waals surface area contributed by atoms with Gasteiger partial charge in [-0.1, -0.05) is 32.4 Å². The average molecular weight is 181 g/mol. The molecule has 0 heterocycles. The van der Waals surface area contributed by atoms with Crippen molar-refractivity contribution >= 4 is 0 Å². The van der Waals surface area contributed by atoms with Crippen LogP contribution >= 0.6 is 0 Å². The molecule has 13 heavy (non-hydrogen) atoms. The molecule has 2 N–H and O–H groups in total. The molecule has 1 aliphatic rings. The minimum absolute atomic E-state index is 0.373. The molecule has 1 rings (SSSR count). The number of hydrogen-bond donors (Lipinski definition) is 1. The third-order valence-corrected chi connectivity index (χ3v) is 3.37. The second-order valence-electron chi connectivity index (χ2n) is 4.65. The third-order valence-electron chi connectivity index (χ3n) is 3.37. The summed E-state index contributed by atoms with van der Waals surface area (Å²) in [6.07, 6.45) is 6.15. The van der Waals surface area contributed by atoms with E-state index in [4.69, 9.17) is 5.73 Å². The van der Waals surface area contributed by atoms with Crippen LogP contribution in [0, 0.1) is 11.8 Å². The fourth-order valence-electron chi connectivity index (χ4n) is 2.28. The number of rotatable bonds is 4. The first-order chi connectivity index (χ1) is 6.13. The highest BCUT2D eigenvalue weighted by molar-refractivity contribution is 4.98. The van der Waals surface area contributed by atoms with Gasteiger partial charge >= 0.3 is 0 Å². The lowest BCUT2D eigenvalue weighted by Crippen LogP contribution is -2.28. The van der Waals surface area contributed by atoms with Gasteiger partial charge in [0.05, 0.1) is 0 Å². The highest BCUT2D eigenvalue weighted by atomic mass is 14.7. The van der Waals surface area contributed by atoms with E-state index in [-0.39, 0.29) is 0 Å². The van der Waals surface area contributed by atoms with Gasteiger partial charge in [-0.3, -0.25) is 0 Å². The average Bonchev–Trinajstić information content (AvgIpc) is 2.51. The van der Waals surface area contributed by atoms with Gasteiger partial charge in [-0.25, -0.2) is 0 Å².